The van der Waals surface area contributed by atoms with Crippen LogP contribution >= 0.6 is 0 Å². The van der Waals surface area contributed by atoms with Crippen LogP contribution in [-0.2, 0) is 0 Å². The van der Waals surface area contributed by atoms with Crippen LogP contribution in [0.2, 0.25) is 0 Å². The number of halogens is 2. The molecule has 212 valence electrons. The smallest absolute Gasteiger partial charge is 0.205 e. The molecule has 2 fully saturated rings. The van der Waals surface area contributed by atoms with Gasteiger partial charge in [0.15, 0.2) is 5.82 Å². The van der Waals surface area contributed by atoms with Crippen LogP contribution in [0, 0.1) is 11.6 Å². The molecule has 0 spiro atoms. The van der Waals surface area contributed by atoms with Crippen molar-refractivity contribution in [2.75, 3.05) is 44.3 Å². The van der Waals surface area contributed by atoms with Crippen molar-refractivity contribution in [3.63, 3.8) is 0 Å². The zero-order valence-corrected chi connectivity index (χ0v) is 22.9. The highest BCUT2D eigenvalue weighted by Crippen LogP contribution is 2.39. The molecule has 4 N–H and O–H groups in total. The fraction of sp³-hybridized carbons (Fsp3) is 0.367. The Hall–Kier alpha value is -4.09. The van der Waals surface area contributed by atoms with Crippen molar-refractivity contribution in [3.8, 4) is 11.1 Å². The Morgan fingerprint density at radius 2 is 1.68 bits per heavy atom. The number of hydrogen-bond donors (Lipinski definition) is 3. The number of piperazine rings is 1. The van der Waals surface area contributed by atoms with Gasteiger partial charge in [-0.05, 0) is 50.4 Å². The average Bonchev–Trinajstić information content (AvgIpc) is 3.56. The van der Waals surface area contributed by atoms with Crippen LogP contribution in [0.3, 0.4) is 0 Å². The second-order valence-corrected chi connectivity index (χ2v) is 11.3. The number of imidazole rings is 1. The summed E-state index contributed by atoms with van der Waals surface area (Å²) in [5.74, 6) is -0.546. The number of fused-ring (bicyclic) bond motifs is 2. The Kier molecular flexibility index (Phi) is 6.55. The van der Waals surface area contributed by atoms with Gasteiger partial charge in [0.1, 0.15) is 29.1 Å². The Bertz CT molecular complexity index is 1700. The van der Waals surface area contributed by atoms with Crippen molar-refractivity contribution in [2.24, 2.45) is 0 Å². The van der Waals surface area contributed by atoms with Gasteiger partial charge in [-0.15, -0.1) is 0 Å². The third kappa shape index (κ3) is 4.89. The lowest BCUT2D eigenvalue weighted by Crippen LogP contribution is -2.49. The van der Waals surface area contributed by atoms with E-state index in [0.29, 0.717) is 23.8 Å². The molecule has 2 aliphatic rings. The van der Waals surface area contributed by atoms with Crippen LogP contribution in [0.1, 0.15) is 31.7 Å². The molecule has 0 bridgehead atoms. The number of nitrogens with one attached hydrogen (secondary N) is 2. The number of anilines is 3. The summed E-state index contributed by atoms with van der Waals surface area (Å²) in [6.07, 6.45) is 8.30. The van der Waals surface area contributed by atoms with Crippen LogP contribution < -0.4 is 11.1 Å². The lowest BCUT2D eigenvalue weighted by atomic mass is 9.89. The molecule has 41 heavy (non-hydrogen) atoms. The molecule has 1 saturated carbocycles. The third-order valence-electron chi connectivity index (χ3n) is 8.72. The van der Waals surface area contributed by atoms with Gasteiger partial charge in [0.2, 0.25) is 5.95 Å². The number of nitrogen functional groups attached to an aromatic ring is 1. The number of nitrogens with two attached hydrogens (primary N) is 1. The van der Waals surface area contributed by atoms with E-state index in [9.17, 15) is 8.78 Å². The highest BCUT2D eigenvalue weighted by Gasteiger charge is 2.30. The Morgan fingerprint density at radius 3 is 2.44 bits per heavy atom. The van der Waals surface area contributed by atoms with Crippen LogP contribution in [0.15, 0.2) is 48.9 Å². The van der Waals surface area contributed by atoms with Crippen molar-refractivity contribution >= 4 is 39.5 Å². The van der Waals surface area contributed by atoms with Crippen molar-refractivity contribution in [2.45, 2.75) is 37.8 Å². The molecular weight excluding hydrogens is 524 g/mol. The number of hydrogen-bond acceptors (Lipinski definition) is 7. The van der Waals surface area contributed by atoms with Gasteiger partial charge in [0.25, 0.3) is 0 Å². The first-order chi connectivity index (χ1) is 19.9. The summed E-state index contributed by atoms with van der Waals surface area (Å²) in [5, 5.41) is 4.01. The van der Waals surface area contributed by atoms with E-state index in [2.05, 4.69) is 52.9 Å². The fourth-order valence-electron chi connectivity index (χ4n) is 6.46. The van der Waals surface area contributed by atoms with Crippen molar-refractivity contribution in [3.05, 3.63) is 60.6 Å². The number of likely N-dealkylation sites (N-methyl/N-ethyl adjacent to an activating group) is 1. The molecule has 0 atom stereocenters. The minimum Gasteiger partial charge on any atom is -0.383 e. The van der Waals surface area contributed by atoms with Crippen molar-refractivity contribution in [1.29, 1.82) is 0 Å². The van der Waals surface area contributed by atoms with Gasteiger partial charge in [-0.3, -0.25) is 4.90 Å². The Morgan fingerprint density at radius 1 is 0.951 bits per heavy atom. The molecule has 0 unspecified atom stereocenters. The Labute approximate surface area is 236 Å². The van der Waals surface area contributed by atoms with Gasteiger partial charge >= 0.3 is 0 Å². The second kappa shape index (κ2) is 10.4. The predicted molar refractivity (Wildman–Crippen MR) is 157 cm³/mol. The van der Waals surface area contributed by atoms with Crippen LogP contribution in [0.25, 0.3) is 33.2 Å². The first kappa shape index (κ1) is 25.8. The monoisotopic (exact) mass is 557 g/mol. The van der Waals surface area contributed by atoms with Crippen molar-refractivity contribution < 1.29 is 8.78 Å². The van der Waals surface area contributed by atoms with Crippen LogP contribution in [-0.4, -0.2) is 73.6 Å². The van der Waals surface area contributed by atoms with Crippen molar-refractivity contribution in [1.82, 2.24) is 34.3 Å². The number of aromatic amines is 1. The average molecular weight is 558 g/mol. The van der Waals surface area contributed by atoms with Gasteiger partial charge in [-0.1, -0.05) is 12.1 Å². The summed E-state index contributed by atoms with van der Waals surface area (Å²) in [6.45, 7) is 4.60. The molecule has 3 aromatic heterocycles. The van der Waals surface area contributed by atoms with Gasteiger partial charge < -0.3 is 25.5 Å². The number of nitrogens with zero attached hydrogens (tertiary/aromatic N) is 6. The predicted octanol–water partition coefficient (Wildman–Crippen LogP) is 5.31. The quantitative estimate of drug-likeness (QED) is 0.269. The number of H-pyrrole nitrogens is 1. The maximum atomic E-state index is 14.1. The zero-order chi connectivity index (χ0) is 28.1. The van der Waals surface area contributed by atoms with E-state index < -0.39 is 11.6 Å². The summed E-state index contributed by atoms with van der Waals surface area (Å²) < 4.78 is 30.0. The Balaban J connectivity index is 1.12. The minimum absolute atomic E-state index is 0.159. The summed E-state index contributed by atoms with van der Waals surface area (Å²) in [5.41, 5.74) is 10.4. The molecule has 1 aliphatic heterocycles. The first-order valence-corrected chi connectivity index (χ1v) is 14.2. The van der Waals surface area contributed by atoms with E-state index in [-0.39, 0.29) is 11.0 Å². The molecule has 5 aromatic rings. The SMILES string of the molecule is CN1CCN([C@H]2CC[C@H](n3cc(-c4ccc(Nc5nc6cc(F)cc(F)c6[nH]5)cc4)c4c(N)ncnc43)CC2)CC1. The van der Waals surface area contributed by atoms with E-state index in [1.807, 2.05) is 24.3 Å². The molecule has 11 heteroatoms. The molecule has 4 heterocycles. The molecule has 2 aromatic carbocycles. The second-order valence-electron chi connectivity index (χ2n) is 11.3. The summed E-state index contributed by atoms with van der Waals surface area (Å²) >= 11 is 0. The highest BCUT2D eigenvalue weighted by atomic mass is 19.1. The summed E-state index contributed by atoms with van der Waals surface area (Å²) in [7, 11) is 2.20. The highest BCUT2D eigenvalue weighted by molar-refractivity contribution is 6.00. The van der Waals surface area contributed by atoms with E-state index in [1.54, 1.807) is 6.33 Å². The van der Waals surface area contributed by atoms with E-state index in [4.69, 9.17) is 5.73 Å². The molecule has 7 rings (SSSR count). The van der Waals surface area contributed by atoms with Gasteiger partial charge in [-0.2, -0.15) is 0 Å². The number of benzene rings is 2. The summed E-state index contributed by atoms with van der Waals surface area (Å²) in [6, 6.07) is 10.9. The van der Waals surface area contributed by atoms with E-state index >= 15 is 0 Å². The molecule has 1 aliphatic carbocycles. The maximum absolute atomic E-state index is 14.1. The van der Waals surface area contributed by atoms with E-state index in [0.717, 1.165) is 72.9 Å². The standard InChI is InChI=1S/C30H33F2N9/c1-39-10-12-40(13-11-39)21-6-8-22(9-7-21)41-16-23(26-28(33)34-17-35-29(26)41)18-2-4-20(5-3-18)36-30-37-25-15-19(31)14-24(32)27(25)38-30/h2-5,14-17,21-22H,6-13H2,1H3,(H2,33,34,35)(H2,36,37,38)/t21-,22-. The lowest BCUT2D eigenvalue weighted by Gasteiger charge is -2.41. The molecule has 0 amide bonds. The number of rotatable bonds is 5. The van der Waals surface area contributed by atoms with Gasteiger partial charge in [-0.25, -0.2) is 23.7 Å². The maximum Gasteiger partial charge on any atom is 0.205 e. The third-order valence-corrected chi connectivity index (χ3v) is 8.72. The van der Waals surface area contributed by atoms with Crippen LogP contribution in [0.4, 0.5) is 26.2 Å². The molecular formula is C30H33F2N9. The van der Waals surface area contributed by atoms with Crippen LogP contribution in [0.5, 0.6) is 0 Å². The minimum atomic E-state index is -0.681. The molecule has 1 saturated heterocycles. The summed E-state index contributed by atoms with van der Waals surface area (Å²) in [4.78, 5) is 21.2. The topological polar surface area (TPSA) is 104 Å². The van der Waals surface area contributed by atoms with E-state index in [1.165, 1.54) is 18.9 Å². The molecule has 9 nitrogen and oxygen atoms in total. The lowest BCUT2D eigenvalue weighted by molar-refractivity contribution is 0.0828. The van der Waals surface area contributed by atoms with Gasteiger partial charge in [0.05, 0.1) is 10.9 Å². The zero-order valence-electron chi connectivity index (χ0n) is 22.9. The number of aromatic nitrogens is 5. The molecule has 0 radical (unpaired) electrons. The first-order valence-electron chi connectivity index (χ1n) is 14.2. The van der Waals surface area contributed by atoms with Gasteiger partial charge in [0, 0.05) is 67.8 Å². The largest absolute Gasteiger partial charge is 0.383 e. The fourth-order valence-corrected chi connectivity index (χ4v) is 6.46. The normalized spacial score (nSPS) is 20.7.